The van der Waals surface area contributed by atoms with E-state index in [1.165, 1.54) is 55.2 Å². The first-order chi connectivity index (χ1) is 13.8. The zero-order valence-corrected chi connectivity index (χ0v) is 18.2. The van der Waals surface area contributed by atoms with Crippen molar-refractivity contribution in [2.45, 2.75) is 49.7 Å². The van der Waals surface area contributed by atoms with E-state index in [0.717, 1.165) is 23.2 Å². The first kappa shape index (κ1) is 21.1. The predicted molar refractivity (Wildman–Crippen MR) is 124 cm³/mol. The van der Waals surface area contributed by atoms with Crippen LogP contribution in [0.4, 0.5) is 0 Å². The molecule has 1 fully saturated rings. The van der Waals surface area contributed by atoms with Gasteiger partial charge in [-0.2, -0.15) is 4.40 Å². The molecule has 0 spiro atoms. The van der Waals surface area contributed by atoms with Gasteiger partial charge >= 0.3 is 0 Å². The van der Waals surface area contributed by atoms with Crippen LogP contribution in [0.15, 0.2) is 75.4 Å². The molecule has 0 N–H and O–H groups in total. The minimum absolute atomic E-state index is 0.675. The number of nitrogens with zero attached hydrogens (tertiary/aromatic N) is 1. The van der Waals surface area contributed by atoms with Gasteiger partial charge in [-0.15, -0.1) is 11.8 Å². The summed E-state index contributed by atoms with van der Waals surface area (Å²) in [6.07, 6.45) is 8.62. The summed E-state index contributed by atoms with van der Waals surface area (Å²) in [7, 11) is 0. The molecular formula is C24H29NOS2. The van der Waals surface area contributed by atoms with Crippen LogP contribution in [-0.4, -0.2) is 12.5 Å². The molecule has 0 bridgehead atoms. The van der Waals surface area contributed by atoms with Gasteiger partial charge in [0.2, 0.25) is 5.90 Å². The molecule has 4 heteroatoms. The Morgan fingerprint density at radius 1 is 1.04 bits per heavy atom. The Kier molecular flexibility index (Phi) is 9.05. The summed E-state index contributed by atoms with van der Waals surface area (Å²) in [5, 5.41) is 2.10. The van der Waals surface area contributed by atoms with Crippen molar-refractivity contribution in [3.63, 3.8) is 0 Å². The van der Waals surface area contributed by atoms with Crippen LogP contribution in [-0.2, 0) is 10.5 Å². The van der Waals surface area contributed by atoms with E-state index < -0.39 is 0 Å². The second-order valence-corrected chi connectivity index (χ2v) is 8.98. The molecule has 2 aromatic carbocycles. The standard InChI is InChI=1S/C24H29NOS2/c1-20-12-14-23(15-13-20)28-25-24(26-18-21-8-4-2-5-9-21)16-17-27-19-22-10-6-3-7-11-22/h3,6-7,10-17,21H,2,4-5,8-9,18-19H2,1H3/b17-16+,25-24?. The Hall–Kier alpha value is -1.65. The Bertz CT molecular complexity index is 750. The minimum atomic E-state index is 0.675. The maximum atomic E-state index is 6.11. The van der Waals surface area contributed by atoms with E-state index in [9.17, 15) is 0 Å². The van der Waals surface area contributed by atoms with Crippen molar-refractivity contribution in [1.29, 1.82) is 0 Å². The van der Waals surface area contributed by atoms with Crippen molar-refractivity contribution in [3.8, 4) is 0 Å². The fraction of sp³-hybridized carbons (Fsp3) is 0.375. The summed E-state index contributed by atoms with van der Waals surface area (Å²) >= 11 is 3.25. The molecule has 1 aliphatic rings. The van der Waals surface area contributed by atoms with E-state index in [1.807, 2.05) is 6.08 Å². The van der Waals surface area contributed by atoms with Crippen LogP contribution in [0.3, 0.4) is 0 Å². The topological polar surface area (TPSA) is 21.6 Å². The summed E-state index contributed by atoms with van der Waals surface area (Å²) in [5.74, 6) is 2.35. The fourth-order valence-electron chi connectivity index (χ4n) is 3.18. The SMILES string of the molecule is Cc1ccc(SN=C(/C=C/SCc2ccccc2)OCC2CCCCC2)cc1. The van der Waals surface area contributed by atoms with Crippen molar-refractivity contribution in [1.82, 2.24) is 0 Å². The number of thioether (sulfide) groups is 1. The van der Waals surface area contributed by atoms with Gasteiger partial charge in [-0.1, -0.05) is 67.3 Å². The third kappa shape index (κ3) is 7.76. The van der Waals surface area contributed by atoms with Crippen molar-refractivity contribution in [2.75, 3.05) is 6.61 Å². The molecule has 0 aliphatic heterocycles. The average molecular weight is 412 g/mol. The molecule has 0 unspecified atom stereocenters. The summed E-state index contributed by atoms with van der Waals surface area (Å²) in [6.45, 7) is 2.88. The Morgan fingerprint density at radius 3 is 2.54 bits per heavy atom. The van der Waals surface area contributed by atoms with E-state index in [0.29, 0.717) is 5.92 Å². The van der Waals surface area contributed by atoms with E-state index in [2.05, 4.69) is 71.3 Å². The maximum Gasteiger partial charge on any atom is 0.221 e. The van der Waals surface area contributed by atoms with Crippen LogP contribution in [0.1, 0.15) is 43.2 Å². The molecule has 1 saturated carbocycles. The van der Waals surface area contributed by atoms with Gasteiger partial charge in [0.25, 0.3) is 0 Å². The summed E-state index contributed by atoms with van der Waals surface area (Å²) < 4.78 is 10.8. The van der Waals surface area contributed by atoms with Gasteiger partial charge in [0.1, 0.15) is 0 Å². The van der Waals surface area contributed by atoms with E-state index in [4.69, 9.17) is 4.74 Å². The first-order valence-corrected chi connectivity index (χ1v) is 11.9. The fourth-order valence-corrected chi connectivity index (χ4v) is 4.44. The van der Waals surface area contributed by atoms with Gasteiger partial charge in [-0.05, 0) is 48.8 Å². The van der Waals surface area contributed by atoms with Gasteiger partial charge in [-0.25, -0.2) is 0 Å². The van der Waals surface area contributed by atoms with Crippen LogP contribution in [0.25, 0.3) is 0 Å². The highest BCUT2D eigenvalue weighted by atomic mass is 32.2. The Balaban J connectivity index is 1.56. The van der Waals surface area contributed by atoms with Crippen LogP contribution < -0.4 is 0 Å². The molecule has 0 radical (unpaired) electrons. The lowest BCUT2D eigenvalue weighted by atomic mass is 9.90. The third-order valence-corrected chi connectivity index (χ3v) is 6.44. The van der Waals surface area contributed by atoms with Crippen LogP contribution in [0.2, 0.25) is 0 Å². The highest BCUT2D eigenvalue weighted by Gasteiger charge is 2.14. The van der Waals surface area contributed by atoms with Gasteiger partial charge in [0.15, 0.2) is 0 Å². The zero-order chi connectivity index (χ0) is 19.4. The highest BCUT2D eigenvalue weighted by Crippen LogP contribution is 2.25. The van der Waals surface area contributed by atoms with Gasteiger partial charge in [0, 0.05) is 28.7 Å². The molecule has 2 aromatic rings. The number of hydrogen-bond donors (Lipinski definition) is 0. The quantitative estimate of drug-likeness (QED) is 0.256. The van der Waals surface area contributed by atoms with Crippen molar-refractivity contribution >= 4 is 29.6 Å². The largest absolute Gasteiger partial charge is 0.477 e. The van der Waals surface area contributed by atoms with Crippen LogP contribution in [0, 0.1) is 12.8 Å². The van der Waals surface area contributed by atoms with E-state index in [-0.39, 0.29) is 0 Å². The first-order valence-electron chi connectivity index (χ1n) is 10.1. The average Bonchev–Trinajstić information content (AvgIpc) is 2.75. The molecule has 1 aliphatic carbocycles. The molecule has 3 rings (SSSR count). The number of rotatable bonds is 8. The predicted octanol–water partition coefficient (Wildman–Crippen LogP) is 7.44. The lowest BCUT2D eigenvalue weighted by Crippen LogP contribution is -2.15. The maximum absolute atomic E-state index is 6.11. The van der Waals surface area contributed by atoms with Crippen LogP contribution in [0.5, 0.6) is 0 Å². The summed E-state index contributed by atoms with van der Waals surface area (Å²) in [4.78, 5) is 1.13. The number of hydrogen-bond acceptors (Lipinski definition) is 4. The van der Waals surface area contributed by atoms with Crippen molar-refractivity contribution < 1.29 is 4.74 Å². The normalized spacial score (nSPS) is 15.8. The van der Waals surface area contributed by atoms with Gasteiger partial charge in [0.05, 0.1) is 6.61 Å². The van der Waals surface area contributed by atoms with Crippen molar-refractivity contribution in [3.05, 3.63) is 77.2 Å². The van der Waals surface area contributed by atoms with Crippen LogP contribution >= 0.6 is 23.7 Å². The summed E-state index contributed by atoms with van der Waals surface area (Å²) in [5.41, 5.74) is 2.59. The molecule has 0 aromatic heterocycles. The molecule has 148 valence electrons. The molecule has 0 amide bonds. The smallest absolute Gasteiger partial charge is 0.221 e. The molecule has 0 saturated heterocycles. The lowest BCUT2D eigenvalue weighted by Gasteiger charge is -2.21. The van der Waals surface area contributed by atoms with Gasteiger partial charge < -0.3 is 4.74 Å². The van der Waals surface area contributed by atoms with E-state index in [1.54, 1.807) is 11.8 Å². The third-order valence-electron chi connectivity index (χ3n) is 4.85. The number of benzene rings is 2. The molecule has 0 atom stereocenters. The van der Waals surface area contributed by atoms with Crippen molar-refractivity contribution in [2.24, 2.45) is 10.3 Å². The molecule has 2 nitrogen and oxygen atoms in total. The second-order valence-electron chi connectivity index (χ2n) is 7.25. The summed E-state index contributed by atoms with van der Waals surface area (Å²) in [6, 6.07) is 19.0. The van der Waals surface area contributed by atoms with E-state index >= 15 is 0 Å². The second kappa shape index (κ2) is 12.0. The minimum Gasteiger partial charge on any atom is -0.477 e. The molecule has 0 heterocycles. The zero-order valence-electron chi connectivity index (χ0n) is 16.5. The Labute approximate surface area is 178 Å². The molecular weight excluding hydrogens is 382 g/mol. The monoisotopic (exact) mass is 411 g/mol. The highest BCUT2D eigenvalue weighted by molar-refractivity contribution is 8.01. The number of aryl methyl sites for hydroxylation is 1. The Morgan fingerprint density at radius 2 is 1.79 bits per heavy atom. The lowest BCUT2D eigenvalue weighted by molar-refractivity contribution is 0.201. The number of ether oxygens (including phenoxy) is 1. The molecule has 28 heavy (non-hydrogen) atoms. The van der Waals surface area contributed by atoms with Gasteiger partial charge in [-0.3, -0.25) is 0 Å².